The van der Waals surface area contributed by atoms with Gasteiger partial charge in [-0.1, -0.05) is 26.0 Å². The Balaban J connectivity index is 1.22. The first kappa shape index (κ1) is 20.0. The molecule has 5 fully saturated rings. The summed E-state index contributed by atoms with van der Waals surface area (Å²) in [5, 5.41) is 3.37. The van der Waals surface area contributed by atoms with Crippen LogP contribution in [-0.2, 0) is 4.79 Å². The Labute approximate surface area is 178 Å². The van der Waals surface area contributed by atoms with E-state index in [-0.39, 0.29) is 28.8 Å². The SMILES string of the molecule is CC12CC3CC(C)(C1)CC(C(=O)NC1CCN(C(=O)c4ccccc4F)CC1)(C3)C2. The van der Waals surface area contributed by atoms with Crippen molar-refractivity contribution in [2.75, 3.05) is 13.1 Å². The number of halogens is 1. The third kappa shape index (κ3) is 3.34. The number of likely N-dealkylation sites (tertiary alicyclic amines) is 1. The van der Waals surface area contributed by atoms with Gasteiger partial charge in [-0.15, -0.1) is 0 Å². The number of hydrogen-bond donors (Lipinski definition) is 1. The molecule has 6 rings (SSSR count). The molecule has 1 aromatic rings. The molecule has 5 aliphatic rings. The van der Waals surface area contributed by atoms with Gasteiger partial charge >= 0.3 is 0 Å². The van der Waals surface area contributed by atoms with Gasteiger partial charge in [0.15, 0.2) is 0 Å². The number of nitrogens with one attached hydrogen (secondary N) is 1. The van der Waals surface area contributed by atoms with Gasteiger partial charge in [0.2, 0.25) is 5.91 Å². The molecule has 1 aliphatic heterocycles. The number of hydrogen-bond acceptors (Lipinski definition) is 2. The average Bonchev–Trinajstić information content (AvgIpc) is 2.65. The first-order valence-electron chi connectivity index (χ1n) is 11.5. The largest absolute Gasteiger partial charge is 0.353 e. The molecule has 5 heteroatoms. The van der Waals surface area contributed by atoms with Gasteiger partial charge in [0, 0.05) is 19.1 Å². The van der Waals surface area contributed by atoms with Gasteiger partial charge in [0.25, 0.3) is 5.91 Å². The molecule has 162 valence electrons. The van der Waals surface area contributed by atoms with Crippen molar-refractivity contribution in [3.8, 4) is 0 Å². The van der Waals surface area contributed by atoms with E-state index >= 15 is 0 Å². The van der Waals surface area contributed by atoms with Crippen molar-refractivity contribution in [3.63, 3.8) is 0 Å². The van der Waals surface area contributed by atoms with Crippen LogP contribution >= 0.6 is 0 Å². The second kappa shape index (κ2) is 6.80. The first-order valence-corrected chi connectivity index (χ1v) is 11.5. The van der Waals surface area contributed by atoms with Crippen LogP contribution in [0.1, 0.15) is 75.6 Å². The average molecular weight is 413 g/mol. The molecule has 0 spiro atoms. The zero-order chi connectivity index (χ0) is 21.1. The molecule has 0 aromatic heterocycles. The number of amides is 2. The van der Waals surface area contributed by atoms with Gasteiger partial charge < -0.3 is 10.2 Å². The van der Waals surface area contributed by atoms with Gasteiger partial charge in [0.1, 0.15) is 5.82 Å². The summed E-state index contributed by atoms with van der Waals surface area (Å²) in [4.78, 5) is 27.9. The van der Waals surface area contributed by atoms with Crippen LogP contribution in [0.25, 0.3) is 0 Å². The fraction of sp³-hybridized carbons (Fsp3) is 0.680. The molecule has 0 radical (unpaired) electrons. The predicted octanol–water partition coefficient (Wildman–Crippen LogP) is 4.54. The summed E-state index contributed by atoms with van der Waals surface area (Å²) in [7, 11) is 0. The zero-order valence-electron chi connectivity index (χ0n) is 18.2. The summed E-state index contributed by atoms with van der Waals surface area (Å²) >= 11 is 0. The van der Waals surface area contributed by atoms with Crippen molar-refractivity contribution < 1.29 is 14.0 Å². The number of piperidine rings is 1. The first-order chi connectivity index (χ1) is 14.2. The highest BCUT2D eigenvalue weighted by Gasteiger charge is 2.62. The molecule has 2 unspecified atom stereocenters. The van der Waals surface area contributed by atoms with Crippen molar-refractivity contribution in [1.82, 2.24) is 10.2 Å². The number of nitrogens with zero attached hydrogens (tertiary/aromatic N) is 1. The molecule has 1 saturated heterocycles. The molecule has 2 amide bonds. The van der Waals surface area contributed by atoms with E-state index in [1.807, 2.05) is 0 Å². The van der Waals surface area contributed by atoms with E-state index in [1.165, 1.54) is 25.3 Å². The van der Waals surface area contributed by atoms with Gasteiger partial charge in [-0.2, -0.15) is 0 Å². The van der Waals surface area contributed by atoms with E-state index in [2.05, 4.69) is 19.2 Å². The van der Waals surface area contributed by atoms with E-state index in [0.717, 1.165) is 32.1 Å². The van der Waals surface area contributed by atoms with E-state index in [9.17, 15) is 14.0 Å². The van der Waals surface area contributed by atoms with Crippen molar-refractivity contribution >= 4 is 11.8 Å². The molecular formula is C25H33FN2O2. The van der Waals surface area contributed by atoms with Gasteiger partial charge in [-0.25, -0.2) is 4.39 Å². The van der Waals surface area contributed by atoms with Crippen molar-refractivity contribution in [2.24, 2.45) is 22.2 Å². The quantitative estimate of drug-likeness (QED) is 0.792. The lowest BCUT2D eigenvalue weighted by Crippen LogP contribution is -2.61. The summed E-state index contributed by atoms with van der Waals surface area (Å²) in [6, 6.07) is 6.26. The summed E-state index contributed by atoms with van der Waals surface area (Å²) < 4.78 is 14.0. The predicted molar refractivity (Wildman–Crippen MR) is 113 cm³/mol. The molecule has 1 N–H and O–H groups in total. The Morgan fingerprint density at radius 1 is 1.00 bits per heavy atom. The van der Waals surface area contributed by atoms with E-state index in [1.54, 1.807) is 23.1 Å². The number of rotatable bonds is 3. The van der Waals surface area contributed by atoms with Crippen LogP contribution in [0.15, 0.2) is 24.3 Å². The van der Waals surface area contributed by atoms with Crippen molar-refractivity contribution in [3.05, 3.63) is 35.6 Å². The van der Waals surface area contributed by atoms with Crippen LogP contribution in [0.4, 0.5) is 4.39 Å². The summed E-state index contributed by atoms with van der Waals surface area (Å²) in [6.45, 7) is 5.90. The maximum absolute atomic E-state index is 14.0. The summed E-state index contributed by atoms with van der Waals surface area (Å²) in [6.07, 6.45) is 8.42. The minimum atomic E-state index is -0.471. The standard InChI is InChI=1S/C25H33FN2O2/c1-23-11-17-12-24(2,14-23)16-25(13-17,15-23)22(30)27-18-7-9-28(10-8-18)21(29)19-5-3-4-6-20(19)26/h3-6,17-18H,7-16H2,1-2H3,(H,27,30). The van der Waals surface area contributed by atoms with Crippen LogP contribution in [0.2, 0.25) is 0 Å². The molecule has 1 aromatic carbocycles. The minimum Gasteiger partial charge on any atom is -0.353 e. The highest BCUT2D eigenvalue weighted by Crippen LogP contribution is 2.69. The van der Waals surface area contributed by atoms with Gasteiger partial charge in [0.05, 0.1) is 11.0 Å². The van der Waals surface area contributed by atoms with E-state index in [4.69, 9.17) is 0 Å². The lowest BCUT2D eigenvalue weighted by Gasteiger charge is -2.64. The van der Waals surface area contributed by atoms with Crippen molar-refractivity contribution in [2.45, 2.75) is 71.3 Å². The Kier molecular flexibility index (Phi) is 4.53. The van der Waals surface area contributed by atoms with Crippen molar-refractivity contribution in [1.29, 1.82) is 0 Å². The molecule has 1 heterocycles. The van der Waals surface area contributed by atoms with Gasteiger partial charge in [-0.05, 0) is 80.2 Å². The fourth-order valence-electron chi connectivity index (χ4n) is 8.07. The normalized spacial score (nSPS) is 38.0. The van der Waals surface area contributed by atoms with Gasteiger partial charge in [-0.3, -0.25) is 9.59 Å². The summed E-state index contributed by atoms with van der Waals surface area (Å²) in [5.41, 5.74) is 0.584. The Morgan fingerprint density at radius 3 is 2.23 bits per heavy atom. The zero-order valence-corrected chi connectivity index (χ0v) is 18.2. The highest BCUT2D eigenvalue weighted by atomic mass is 19.1. The Bertz CT molecular complexity index is 858. The second-order valence-corrected chi connectivity index (χ2v) is 11.4. The van der Waals surface area contributed by atoms with Crippen LogP contribution < -0.4 is 5.32 Å². The highest BCUT2D eigenvalue weighted by molar-refractivity contribution is 5.94. The lowest BCUT2D eigenvalue weighted by atomic mass is 9.40. The topological polar surface area (TPSA) is 49.4 Å². The number of carbonyl (C=O) groups is 2. The minimum absolute atomic E-state index is 0.107. The van der Waals surface area contributed by atoms with Crippen LogP contribution in [0.3, 0.4) is 0 Å². The maximum Gasteiger partial charge on any atom is 0.256 e. The monoisotopic (exact) mass is 412 g/mol. The smallest absolute Gasteiger partial charge is 0.256 e. The molecule has 4 nitrogen and oxygen atoms in total. The number of carbonyl (C=O) groups excluding carboxylic acids is 2. The lowest BCUT2D eigenvalue weighted by molar-refractivity contribution is -0.171. The second-order valence-electron chi connectivity index (χ2n) is 11.4. The van der Waals surface area contributed by atoms with E-state index < -0.39 is 5.82 Å². The summed E-state index contributed by atoms with van der Waals surface area (Å²) in [5.74, 6) is 0.228. The maximum atomic E-state index is 14.0. The Hall–Kier alpha value is -1.91. The third-order valence-electron chi connectivity index (χ3n) is 8.33. The third-order valence-corrected chi connectivity index (χ3v) is 8.33. The molecule has 4 aliphatic carbocycles. The van der Waals surface area contributed by atoms with E-state index in [0.29, 0.717) is 29.8 Å². The fourth-order valence-corrected chi connectivity index (χ4v) is 8.07. The van der Waals surface area contributed by atoms with Crippen LogP contribution in [-0.4, -0.2) is 35.8 Å². The van der Waals surface area contributed by atoms with Crippen LogP contribution in [0, 0.1) is 28.0 Å². The Morgan fingerprint density at radius 2 is 1.63 bits per heavy atom. The molecule has 4 bridgehead atoms. The molecule has 30 heavy (non-hydrogen) atoms. The molecule has 4 saturated carbocycles. The number of benzene rings is 1. The molecule has 2 atom stereocenters. The molecular weight excluding hydrogens is 379 g/mol. The van der Waals surface area contributed by atoms with Crippen LogP contribution in [0.5, 0.6) is 0 Å².